The molecule has 0 spiro atoms. The lowest BCUT2D eigenvalue weighted by atomic mass is 9.80. The number of aryl methyl sites for hydroxylation is 3. The van der Waals surface area contributed by atoms with Crippen molar-refractivity contribution in [3.05, 3.63) is 34.4 Å². The Hall–Kier alpha value is -1.35. The average molecular weight is 247 g/mol. The first-order chi connectivity index (χ1) is 8.41. The summed E-state index contributed by atoms with van der Waals surface area (Å²) in [4.78, 5) is 12.2. The van der Waals surface area contributed by atoms with E-state index in [9.17, 15) is 9.90 Å². The summed E-state index contributed by atoms with van der Waals surface area (Å²) in [5.41, 5.74) is 3.22. The summed E-state index contributed by atoms with van der Waals surface area (Å²) in [7, 11) is 0. The minimum atomic E-state index is -0.665. The SMILES string of the molecule is Cc1cc(C)c(C(=O)NCC2(O)CCC2)c(C)c1. The second kappa shape index (κ2) is 4.73. The normalized spacial score (nSPS) is 17.1. The first kappa shape index (κ1) is 13.1. The third-order valence-corrected chi connectivity index (χ3v) is 3.77. The smallest absolute Gasteiger partial charge is 0.251 e. The van der Waals surface area contributed by atoms with E-state index in [1.807, 2.05) is 32.9 Å². The van der Waals surface area contributed by atoms with Crippen molar-refractivity contribution in [2.24, 2.45) is 0 Å². The van der Waals surface area contributed by atoms with Gasteiger partial charge >= 0.3 is 0 Å². The molecular formula is C15H21NO2. The van der Waals surface area contributed by atoms with Gasteiger partial charge in [0.2, 0.25) is 0 Å². The largest absolute Gasteiger partial charge is 0.388 e. The monoisotopic (exact) mass is 247 g/mol. The van der Waals surface area contributed by atoms with Crippen LogP contribution >= 0.6 is 0 Å². The summed E-state index contributed by atoms with van der Waals surface area (Å²) in [5, 5.41) is 12.8. The van der Waals surface area contributed by atoms with Gasteiger partial charge in [-0.15, -0.1) is 0 Å². The second-order valence-corrected chi connectivity index (χ2v) is 5.53. The molecule has 98 valence electrons. The van der Waals surface area contributed by atoms with Crippen LogP contribution in [0, 0.1) is 20.8 Å². The highest BCUT2D eigenvalue weighted by atomic mass is 16.3. The molecule has 0 aromatic heterocycles. The molecule has 1 aromatic carbocycles. The van der Waals surface area contributed by atoms with E-state index < -0.39 is 5.60 Å². The van der Waals surface area contributed by atoms with Crippen LogP contribution < -0.4 is 5.32 Å². The van der Waals surface area contributed by atoms with E-state index in [4.69, 9.17) is 0 Å². The minimum Gasteiger partial charge on any atom is -0.388 e. The van der Waals surface area contributed by atoms with E-state index in [0.717, 1.165) is 36.0 Å². The Morgan fingerprint density at radius 2 is 1.83 bits per heavy atom. The Kier molecular flexibility index (Phi) is 3.44. The van der Waals surface area contributed by atoms with Crippen molar-refractivity contribution in [1.82, 2.24) is 5.32 Å². The summed E-state index contributed by atoms with van der Waals surface area (Å²) in [6.07, 6.45) is 2.63. The number of aliphatic hydroxyl groups is 1. The maximum Gasteiger partial charge on any atom is 0.251 e. The summed E-state index contributed by atoms with van der Waals surface area (Å²) in [5.74, 6) is -0.0784. The number of nitrogens with one attached hydrogen (secondary N) is 1. The van der Waals surface area contributed by atoms with Crippen molar-refractivity contribution in [3.63, 3.8) is 0 Å². The number of hydrogen-bond acceptors (Lipinski definition) is 2. The minimum absolute atomic E-state index is 0.0784. The average Bonchev–Trinajstić information content (AvgIpc) is 2.22. The zero-order valence-electron chi connectivity index (χ0n) is 11.3. The van der Waals surface area contributed by atoms with E-state index in [1.54, 1.807) is 0 Å². The Balaban J connectivity index is 2.09. The van der Waals surface area contributed by atoms with E-state index >= 15 is 0 Å². The first-order valence-electron chi connectivity index (χ1n) is 6.50. The molecule has 3 nitrogen and oxygen atoms in total. The molecule has 2 rings (SSSR count). The van der Waals surface area contributed by atoms with Gasteiger partial charge in [-0.3, -0.25) is 4.79 Å². The predicted molar refractivity (Wildman–Crippen MR) is 71.8 cm³/mol. The molecule has 0 saturated heterocycles. The lowest BCUT2D eigenvalue weighted by molar-refractivity contribution is -0.0300. The Labute approximate surface area is 108 Å². The fourth-order valence-electron chi connectivity index (χ4n) is 2.63. The van der Waals surface area contributed by atoms with Gasteiger partial charge < -0.3 is 10.4 Å². The fraction of sp³-hybridized carbons (Fsp3) is 0.533. The molecule has 3 heteroatoms. The van der Waals surface area contributed by atoms with Crippen molar-refractivity contribution in [2.45, 2.75) is 45.6 Å². The van der Waals surface area contributed by atoms with Crippen molar-refractivity contribution in [2.75, 3.05) is 6.54 Å². The van der Waals surface area contributed by atoms with Crippen LogP contribution in [0.3, 0.4) is 0 Å². The van der Waals surface area contributed by atoms with Gasteiger partial charge in [0.25, 0.3) is 5.91 Å². The predicted octanol–water partition coefficient (Wildman–Crippen LogP) is 2.26. The molecule has 0 atom stereocenters. The zero-order valence-corrected chi connectivity index (χ0v) is 11.3. The van der Waals surface area contributed by atoms with Crippen molar-refractivity contribution >= 4 is 5.91 Å². The standard InChI is InChI=1S/C15H21NO2/c1-10-7-11(2)13(12(3)8-10)14(17)16-9-15(18)5-4-6-15/h7-8,18H,4-6,9H2,1-3H3,(H,16,17). The van der Waals surface area contributed by atoms with Gasteiger partial charge in [-0.1, -0.05) is 17.7 Å². The van der Waals surface area contributed by atoms with Crippen LogP contribution in [-0.4, -0.2) is 23.2 Å². The second-order valence-electron chi connectivity index (χ2n) is 5.53. The topological polar surface area (TPSA) is 49.3 Å². The van der Waals surface area contributed by atoms with Crippen LogP contribution in [0.4, 0.5) is 0 Å². The number of hydrogen-bond donors (Lipinski definition) is 2. The van der Waals surface area contributed by atoms with Crippen LogP contribution in [0.2, 0.25) is 0 Å². The van der Waals surface area contributed by atoms with Gasteiger partial charge in [-0.2, -0.15) is 0 Å². The Morgan fingerprint density at radius 3 is 2.28 bits per heavy atom. The summed E-state index contributed by atoms with van der Waals surface area (Å²) < 4.78 is 0. The van der Waals surface area contributed by atoms with Gasteiger partial charge in [0.05, 0.1) is 5.60 Å². The molecule has 1 saturated carbocycles. The number of benzene rings is 1. The van der Waals surface area contributed by atoms with Crippen LogP contribution in [0.15, 0.2) is 12.1 Å². The van der Waals surface area contributed by atoms with Gasteiger partial charge in [0, 0.05) is 12.1 Å². The maximum atomic E-state index is 12.2. The number of carbonyl (C=O) groups is 1. The van der Waals surface area contributed by atoms with Crippen molar-refractivity contribution in [3.8, 4) is 0 Å². The lowest BCUT2D eigenvalue weighted by Crippen LogP contribution is -2.48. The third kappa shape index (κ3) is 2.56. The number of carbonyl (C=O) groups excluding carboxylic acids is 1. The fourth-order valence-corrected chi connectivity index (χ4v) is 2.63. The number of rotatable bonds is 3. The van der Waals surface area contributed by atoms with Gasteiger partial charge in [0.1, 0.15) is 0 Å². The van der Waals surface area contributed by atoms with E-state index in [-0.39, 0.29) is 5.91 Å². The quantitative estimate of drug-likeness (QED) is 0.860. The van der Waals surface area contributed by atoms with E-state index in [1.165, 1.54) is 5.56 Å². The molecule has 0 radical (unpaired) electrons. The third-order valence-electron chi connectivity index (χ3n) is 3.77. The van der Waals surface area contributed by atoms with Crippen LogP contribution in [-0.2, 0) is 0 Å². The van der Waals surface area contributed by atoms with Crippen molar-refractivity contribution < 1.29 is 9.90 Å². The van der Waals surface area contributed by atoms with Crippen molar-refractivity contribution in [1.29, 1.82) is 0 Å². The molecule has 1 aliphatic carbocycles. The van der Waals surface area contributed by atoms with Crippen LogP contribution in [0.1, 0.15) is 46.3 Å². The molecular weight excluding hydrogens is 226 g/mol. The highest BCUT2D eigenvalue weighted by Crippen LogP contribution is 2.30. The molecule has 0 aliphatic heterocycles. The Bertz CT molecular complexity index is 452. The highest BCUT2D eigenvalue weighted by Gasteiger charge is 2.34. The molecule has 2 N–H and O–H groups in total. The first-order valence-corrected chi connectivity index (χ1v) is 6.50. The number of amides is 1. The molecule has 0 unspecified atom stereocenters. The molecule has 1 aromatic rings. The molecule has 1 amide bonds. The molecule has 0 bridgehead atoms. The van der Waals surface area contributed by atoms with Gasteiger partial charge in [0.15, 0.2) is 0 Å². The van der Waals surface area contributed by atoms with Crippen LogP contribution in [0.5, 0.6) is 0 Å². The van der Waals surface area contributed by atoms with E-state index in [2.05, 4.69) is 5.32 Å². The molecule has 1 aliphatic rings. The van der Waals surface area contributed by atoms with Gasteiger partial charge in [-0.05, 0) is 51.2 Å². The van der Waals surface area contributed by atoms with Gasteiger partial charge in [-0.25, -0.2) is 0 Å². The molecule has 0 heterocycles. The Morgan fingerprint density at radius 1 is 1.28 bits per heavy atom. The lowest BCUT2D eigenvalue weighted by Gasteiger charge is -2.36. The maximum absolute atomic E-state index is 12.2. The zero-order chi connectivity index (χ0) is 13.3. The summed E-state index contributed by atoms with van der Waals surface area (Å²) >= 11 is 0. The summed E-state index contributed by atoms with van der Waals surface area (Å²) in [6.45, 7) is 6.29. The summed E-state index contributed by atoms with van der Waals surface area (Å²) in [6, 6.07) is 4.03. The molecule has 1 fully saturated rings. The van der Waals surface area contributed by atoms with Crippen LogP contribution in [0.25, 0.3) is 0 Å². The molecule has 18 heavy (non-hydrogen) atoms. The highest BCUT2D eigenvalue weighted by molar-refractivity contribution is 5.97. The van der Waals surface area contributed by atoms with E-state index in [0.29, 0.717) is 6.54 Å².